The number of nitrogens with one attached hydrogen (secondary N) is 1. The highest BCUT2D eigenvalue weighted by Crippen LogP contribution is 2.31. The monoisotopic (exact) mass is 429 g/mol. The number of carboxylic acid groups (broad SMARTS) is 1. The normalized spacial score (nSPS) is 10.5. The molecule has 0 unspecified atom stereocenters. The van der Waals surface area contributed by atoms with E-state index in [1.165, 1.54) is 0 Å². The second-order valence-electron chi connectivity index (χ2n) is 5.59. The summed E-state index contributed by atoms with van der Waals surface area (Å²) < 4.78 is 0.993. The largest absolute Gasteiger partial charge is 0.478 e. The van der Waals surface area contributed by atoms with Crippen molar-refractivity contribution in [3.05, 3.63) is 69.7 Å². The van der Waals surface area contributed by atoms with Gasteiger partial charge in [-0.3, -0.25) is 0 Å². The van der Waals surface area contributed by atoms with Gasteiger partial charge in [0.05, 0.1) is 10.4 Å². The number of anilines is 2. The van der Waals surface area contributed by atoms with Crippen LogP contribution in [0.5, 0.6) is 0 Å². The van der Waals surface area contributed by atoms with E-state index in [0.717, 1.165) is 26.3 Å². The molecule has 0 saturated carbocycles. The number of thiophene rings is 1. The molecule has 7 heteroatoms. The Labute approximate surface area is 163 Å². The van der Waals surface area contributed by atoms with Gasteiger partial charge in [0.2, 0.25) is 0 Å². The number of halogens is 1. The van der Waals surface area contributed by atoms with Crippen molar-refractivity contribution in [1.82, 2.24) is 9.97 Å². The maximum Gasteiger partial charge on any atom is 0.335 e. The molecule has 0 aliphatic carbocycles. The van der Waals surface area contributed by atoms with Gasteiger partial charge in [0.15, 0.2) is 5.82 Å². The predicted octanol–water partition coefficient (Wildman–Crippen LogP) is 5.45. The topological polar surface area (TPSA) is 75.1 Å². The van der Waals surface area contributed by atoms with Gasteiger partial charge in [0, 0.05) is 26.8 Å². The van der Waals surface area contributed by atoms with E-state index in [0.29, 0.717) is 18.1 Å². The van der Waals surface area contributed by atoms with E-state index in [4.69, 9.17) is 10.1 Å². The summed E-state index contributed by atoms with van der Waals surface area (Å²) in [5.74, 6) is 0.392. The number of rotatable bonds is 6. The van der Waals surface area contributed by atoms with Gasteiger partial charge in [-0.05, 0) is 59.6 Å². The van der Waals surface area contributed by atoms with Gasteiger partial charge >= 0.3 is 5.97 Å². The van der Waals surface area contributed by atoms with Gasteiger partial charge < -0.3 is 10.4 Å². The third-order valence-electron chi connectivity index (χ3n) is 3.74. The number of allylic oxidation sites excluding steroid dienone is 1. The molecular formula is C19H16BrN3O2S. The van der Waals surface area contributed by atoms with E-state index in [1.807, 2.05) is 24.4 Å². The minimum absolute atomic E-state index is 0.241. The number of benzene rings is 1. The van der Waals surface area contributed by atoms with Crippen LogP contribution in [-0.4, -0.2) is 21.0 Å². The maximum atomic E-state index is 11.0. The number of carbonyl (C=O) groups is 1. The molecule has 0 aliphatic heterocycles. The summed E-state index contributed by atoms with van der Waals surface area (Å²) in [7, 11) is 0. The lowest BCUT2D eigenvalue weighted by molar-refractivity contribution is 0.0697. The summed E-state index contributed by atoms with van der Waals surface area (Å²) in [6, 6.07) is 8.55. The predicted molar refractivity (Wildman–Crippen MR) is 108 cm³/mol. The van der Waals surface area contributed by atoms with Gasteiger partial charge in [-0.25, -0.2) is 14.8 Å². The van der Waals surface area contributed by atoms with Crippen LogP contribution in [-0.2, 0) is 6.42 Å². The highest BCUT2D eigenvalue weighted by molar-refractivity contribution is 9.10. The second-order valence-corrected chi connectivity index (χ2v) is 7.42. The van der Waals surface area contributed by atoms with E-state index < -0.39 is 5.97 Å². The lowest BCUT2D eigenvalue weighted by Gasteiger charge is -2.14. The highest BCUT2D eigenvalue weighted by Gasteiger charge is 2.14. The minimum Gasteiger partial charge on any atom is -0.478 e. The molecule has 0 saturated heterocycles. The van der Waals surface area contributed by atoms with Gasteiger partial charge in [-0.1, -0.05) is 6.08 Å². The average Bonchev–Trinajstić information content (AvgIpc) is 3.04. The number of aromatic nitrogens is 2. The molecular weight excluding hydrogens is 414 g/mol. The standard InChI is InChI=1S/C19H16BrN3O2S/c1-3-4-15-11(2)21-18(16-9-13(20)10-26-16)23-17(15)22-14-7-5-12(6-8-14)19(24)25/h3,5-10H,1,4H2,2H3,(H,24,25)(H,21,22,23). The van der Waals surface area contributed by atoms with Crippen molar-refractivity contribution >= 4 is 44.7 Å². The Morgan fingerprint density at radius 2 is 2.08 bits per heavy atom. The Balaban J connectivity index is 2.01. The van der Waals surface area contributed by atoms with E-state index in [9.17, 15) is 4.79 Å². The van der Waals surface area contributed by atoms with Crippen molar-refractivity contribution in [3.8, 4) is 10.7 Å². The Morgan fingerprint density at radius 1 is 1.35 bits per heavy atom. The first kappa shape index (κ1) is 18.3. The fourth-order valence-electron chi connectivity index (χ4n) is 2.46. The molecule has 3 aromatic rings. The molecule has 2 heterocycles. The van der Waals surface area contributed by atoms with Crippen molar-refractivity contribution in [2.24, 2.45) is 0 Å². The van der Waals surface area contributed by atoms with E-state index >= 15 is 0 Å². The Bertz CT molecular complexity index is 967. The van der Waals surface area contributed by atoms with Crippen molar-refractivity contribution in [2.45, 2.75) is 13.3 Å². The van der Waals surface area contributed by atoms with E-state index in [1.54, 1.807) is 35.6 Å². The Hall–Kier alpha value is -2.51. The Morgan fingerprint density at radius 3 is 2.65 bits per heavy atom. The van der Waals surface area contributed by atoms with Crippen LogP contribution in [0.3, 0.4) is 0 Å². The third-order valence-corrected chi connectivity index (χ3v) is 5.43. The number of aryl methyl sites for hydroxylation is 1. The zero-order valence-electron chi connectivity index (χ0n) is 14.0. The molecule has 0 amide bonds. The zero-order chi connectivity index (χ0) is 18.7. The molecule has 1 aromatic carbocycles. The average molecular weight is 430 g/mol. The molecule has 132 valence electrons. The summed E-state index contributed by atoms with van der Waals surface area (Å²) in [4.78, 5) is 21.3. The third kappa shape index (κ3) is 4.00. The van der Waals surface area contributed by atoms with E-state index in [-0.39, 0.29) is 5.56 Å². The number of hydrogen-bond acceptors (Lipinski definition) is 5. The van der Waals surface area contributed by atoms with Crippen LogP contribution in [0.1, 0.15) is 21.6 Å². The molecule has 0 radical (unpaired) electrons. The molecule has 2 aromatic heterocycles. The van der Waals surface area contributed by atoms with Gasteiger partial charge in [-0.15, -0.1) is 17.9 Å². The number of nitrogens with zero attached hydrogens (tertiary/aromatic N) is 2. The first-order chi connectivity index (χ1) is 12.5. The fourth-order valence-corrected chi connectivity index (χ4v) is 3.82. The molecule has 0 spiro atoms. The van der Waals surface area contributed by atoms with Gasteiger partial charge in [0.1, 0.15) is 5.82 Å². The van der Waals surface area contributed by atoms with Crippen molar-refractivity contribution in [2.75, 3.05) is 5.32 Å². The van der Waals surface area contributed by atoms with Crippen LogP contribution in [0.4, 0.5) is 11.5 Å². The van der Waals surface area contributed by atoms with Crippen LogP contribution in [0.15, 0.2) is 52.8 Å². The Kier molecular flexibility index (Phi) is 5.49. The fraction of sp³-hybridized carbons (Fsp3) is 0.105. The molecule has 5 nitrogen and oxygen atoms in total. The lowest BCUT2D eigenvalue weighted by Crippen LogP contribution is -2.05. The van der Waals surface area contributed by atoms with Crippen LogP contribution in [0, 0.1) is 6.92 Å². The minimum atomic E-state index is -0.952. The van der Waals surface area contributed by atoms with Crippen LogP contribution in [0.2, 0.25) is 0 Å². The highest BCUT2D eigenvalue weighted by atomic mass is 79.9. The van der Waals surface area contributed by atoms with E-state index in [2.05, 4.69) is 32.8 Å². The molecule has 26 heavy (non-hydrogen) atoms. The number of carboxylic acids is 1. The van der Waals surface area contributed by atoms with Gasteiger partial charge in [-0.2, -0.15) is 0 Å². The zero-order valence-corrected chi connectivity index (χ0v) is 16.4. The molecule has 2 N–H and O–H groups in total. The van der Waals surface area contributed by atoms with Crippen molar-refractivity contribution in [1.29, 1.82) is 0 Å². The summed E-state index contributed by atoms with van der Waals surface area (Å²) in [5, 5.41) is 14.3. The molecule has 0 aliphatic rings. The number of hydrogen-bond donors (Lipinski definition) is 2. The van der Waals surface area contributed by atoms with Crippen molar-refractivity contribution in [3.63, 3.8) is 0 Å². The summed E-state index contributed by atoms with van der Waals surface area (Å²) in [6.45, 7) is 5.76. The lowest BCUT2D eigenvalue weighted by atomic mass is 10.1. The summed E-state index contributed by atoms with van der Waals surface area (Å²) >= 11 is 5.02. The van der Waals surface area contributed by atoms with Crippen molar-refractivity contribution < 1.29 is 9.90 Å². The quantitative estimate of drug-likeness (QED) is 0.509. The molecule has 0 fully saturated rings. The first-order valence-corrected chi connectivity index (χ1v) is 9.48. The second kappa shape index (κ2) is 7.80. The van der Waals surface area contributed by atoms with Crippen LogP contribution >= 0.6 is 27.3 Å². The summed E-state index contributed by atoms with van der Waals surface area (Å²) in [6.07, 6.45) is 2.45. The molecule has 3 rings (SSSR count). The maximum absolute atomic E-state index is 11.0. The molecule has 0 atom stereocenters. The van der Waals surface area contributed by atoms with Gasteiger partial charge in [0.25, 0.3) is 0 Å². The molecule has 0 bridgehead atoms. The summed E-state index contributed by atoms with van der Waals surface area (Å²) in [5.41, 5.74) is 2.84. The first-order valence-electron chi connectivity index (χ1n) is 7.81. The smallest absolute Gasteiger partial charge is 0.335 e. The van der Waals surface area contributed by atoms with Crippen LogP contribution in [0.25, 0.3) is 10.7 Å². The number of aromatic carboxylic acids is 1. The van der Waals surface area contributed by atoms with Crippen LogP contribution < -0.4 is 5.32 Å². The SMILES string of the molecule is C=CCc1c(C)nc(-c2cc(Br)cs2)nc1Nc1ccc(C(=O)O)cc1.